The van der Waals surface area contributed by atoms with E-state index in [1.165, 1.54) is 25.3 Å². The van der Waals surface area contributed by atoms with Crippen LogP contribution in [0.25, 0.3) is 0 Å². The lowest BCUT2D eigenvalue weighted by molar-refractivity contribution is -0.137. The van der Waals surface area contributed by atoms with Gasteiger partial charge in [0.25, 0.3) is 5.91 Å². The summed E-state index contributed by atoms with van der Waals surface area (Å²) in [5.41, 5.74) is -0.214. The van der Waals surface area contributed by atoms with Crippen LogP contribution in [0.1, 0.15) is 35.3 Å². The number of aromatic nitrogens is 2. The molecule has 7 nitrogen and oxygen atoms in total. The van der Waals surface area contributed by atoms with Crippen LogP contribution in [0.2, 0.25) is 0 Å². The summed E-state index contributed by atoms with van der Waals surface area (Å²) < 4.78 is 43.6. The van der Waals surface area contributed by atoms with Crippen LogP contribution in [0.5, 0.6) is 5.88 Å². The summed E-state index contributed by atoms with van der Waals surface area (Å²) in [6.07, 6.45) is -2.05. The molecule has 0 saturated carbocycles. The van der Waals surface area contributed by atoms with Crippen molar-refractivity contribution < 1.29 is 27.5 Å². The van der Waals surface area contributed by atoms with Crippen LogP contribution >= 0.6 is 0 Å². The molecule has 0 aliphatic rings. The molecular weight excluding hydrogens is 377 g/mol. The Hall–Kier alpha value is -3.17. The number of hydrogen-bond donors (Lipinski definition) is 2. The molecule has 2 aromatic rings. The molecule has 0 aliphatic carbocycles. The number of hydrogen-bond acceptors (Lipinski definition) is 5. The van der Waals surface area contributed by atoms with Crippen molar-refractivity contribution in [3.05, 3.63) is 47.3 Å². The number of amides is 2. The van der Waals surface area contributed by atoms with Gasteiger partial charge in [-0.05, 0) is 24.6 Å². The minimum absolute atomic E-state index is 0.0285. The number of pyridine rings is 2. The maximum absolute atomic E-state index is 12.7. The van der Waals surface area contributed by atoms with Crippen LogP contribution < -0.4 is 15.4 Å². The van der Waals surface area contributed by atoms with Crippen molar-refractivity contribution in [3.63, 3.8) is 0 Å². The summed E-state index contributed by atoms with van der Waals surface area (Å²) >= 11 is 0. The van der Waals surface area contributed by atoms with E-state index in [4.69, 9.17) is 4.74 Å². The number of ether oxygens (including phenoxy) is 1. The monoisotopic (exact) mass is 396 g/mol. The van der Waals surface area contributed by atoms with Crippen molar-refractivity contribution in [3.8, 4) is 5.88 Å². The Balaban J connectivity index is 1.90. The predicted octanol–water partition coefficient (Wildman–Crippen LogP) is 2.83. The number of halogens is 3. The van der Waals surface area contributed by atoms with Crippen molar-refractivity contribution >= 4 is 17.6 Å². The first-order valence-electron chi connectivity index (χ1n) is 8.41. The number of anilines is 1. The van der Waals surface area contributed by atoms with Gasteiger partial charge < -0.3 is 15.4 Å². The number of rotatable bonds is 7. The first kappa shape index (κ1) is 21.1. The zero-order chi connectivity index (χ0) is 20.7. The Labute approximate surface area is 159 Å². The van der Waals surface area contributed by atoms with E-state index in [9.17, 15) is 22.8 Å². The molecule has 0 radical (unpaired) electrons. The predicted molar refractivity (Wildman–Crippen MR) is 95.0 cm³/mol. The third kappa shape index (κ3) is 5.93. The molecule has 0 aromatic carbocycles. The fourth-order valence-corrected chi connectivity index (χ4v) is 2.27. The van der Waals surface area contributed by atoms with Crippen molar-refractivity contribution in [2.75, 3.05) is 18.5 Å². The summed E-state index contributed by atoms with van der Waals surface area (Å²) in [4.78, 5) is 30.8. The van der Waals surface area contributed by atoms with Gasteiger partial charge in [-0.2, -0.15) is 13.2 Å². The van der Waals surface area contributed by atoms with Gasteiger partial charge in [-0.1, -0.05) is 6.92 Å². The van der Waals surface area contributed by atoms with Gasteiger partial charge >= 0.3 is 6.18 Å². The molecule has 0 saturated heterocycles. The van der Waals surface area contributed by atoms with E-state index in [0.717, 1.165) is 6.07 Å². The van der Waals surface area contributed by atoms with E-state index in [-0.39, 0.29) is 30.8 Å². The highest BCUT2D eigenvalue weighted by atomic mass is 19.4. The third-order valence-corrected chi connectivity index (χ3v) is 3.59. The topological polar surface area (TPSA) is 93.2 Å². The van der Waals surface area contributed by atoms with Crippen molar-refractivity contribution in [1.29, 1.82) is 0 Å². The molecule has 10 heteroatoms. The molecule has 150 valence electrons. The lowest BCUT2D eigenvalue weighted by Gasteiger charge is -2.13. The van der Waals surface area contributed by atoms with E-state index in [1.807, 2.05) is 0 Å². The summed E-state index contributed by atoms with van der Waals surface area (Å²) in [7, 11) is 0. The second kappa shape index (κ2) is 9.16. The fraction of sp³-hybridized carbons (Fsp3) is 0.333. The van der Waals surface area contributed by atoms with Gasteiger partial charge in [-0.3, -0.25) is 9.59 Å². The summed E-state index contributed by atoms with van der Waals surface area (Å²) in [5.74, 6) is -0.373. The van der Waals surface area contributed by atoms with Crippen molar-refractivity contribution in [2.24, 2.45) is 0 Å². The second-order valence-corrected chi connectivity index (χ2v) is 5.75. The Morgan fingerprint density at radius 3 is 2.61 bits per heavy atom. The SMILES string of the molecule is CCc1cc(C(F)(F)F)cnc1OCCNC(=O)c1ccnc(NC(C)=O)c1. The highest BCUT2D eigenvalue weighted by molar-refractivity contribution is 5.96. The molecule has 0 atom stereocenters. The summed E-state index contributed by atoms with van der Waals surface area (Å²) in [6, 6.07) is 3.90. The molecule has 0 bridgehead atoms. The quantitative estimate of drug-likeness (QED) is 0.702. The lowest BCUT2D eigenvalue weighted by Crippen LogP contribution is -2.28. The minimum atomic E-state index is -4.47. The number of nitrogens with one attached hydrogen (secondary N) is 2. The van der Waals surface area contributed by atoms with Crippen LogP contribution in [-0.2, 0) is 17.4 Å². The second-order valence-electron chi connectivity index (χ2n) is 5.75. The average Bonchev–Trinajstić information content (AvgIpc) is 2.64. The van der Waals surface area contributed by atoms with Gasteiger partial charge in [-0.25, -0.2) is 9.97 Å². The zero-order valence-corrected chi connectivity index (χ0v) is 15.3. The number of aryl methyl sites for hydroxylation is 1. The number of carbonyl (C=O) groups is 2. The van der Waals surface area contributed by atoms with Crippen molar-refractivity contribution in [1.82, 2.24) is 15.3 Å². The zero-order valence-electron chi connectivity index (χ0n) is 15.3. The Morgan fingerprint density at radius 1 is 1.21 bits per heavy atom. The van der Waals surface area contributed by atoms with Crippen molar-refractivity contribution in [2.45, 2.75) is 26.4 Å². The molecule has 0 unspecified atom stereocenters. The van der Waals surface area contributed by atoms with Crippen LogP contribution in [0.3, 0.4) is 0 Å². The molecule has 0 fully saturated rings. The lowest BCUT2D eigenvalue weighted by atomic mass is 10.1. The fourth-order valence-electron chi connectivity index (χ4n) is 2.27. The smallest absolute Gasteiger partial charge is 0.417 e. The van der Waals surface area contributed by atoms with Gasteiger partial charge in [-0.15, -0.1) is 0 Å². The Bertz CT molecular complexity index is 856. The van der Waals surface area contributed by atoms with E-state index in [0.29, 0.717) is 23.7 Å². The van der Waals surface area contributed by atoms with Crippen LogP contribution in [0, 0.1) is 0 Å². The van der Waals surface area contributed by atoms with Crippen LogP contribution in [-0.4, -0.2) is 34.9 Å². The molecule has 2 heterocycles. The first-order valence-corrected chi connectivity index (χ1v) is 8.41. The highest BCUT2D eigenvalue weighted by Crippen LogP contribution is 2.31. The standard InChI is InChI=1S/C18H19F3N4O3/c1-3-12-8-14(18(19,20)21)10-24-17(12)28-7-6-23-16(27)13-4-5-22-15(9-13)25-11(2)26/h4-5,8-10H,3,6-7H2,1-2H3,(H,23,27)(H,22,25,26). The molecule has 2 amide bonds. The van der Waals surface area contributed by atoms with E-state index in [2.05, 4.69) is 20.6 Å². The summed E-state index contributed by atoms with van der Waals surface area (Å²) in [6.45, 7) is 3.16. The molecule has 0 spiro atoms. The number of alkyl halides is 3. The van der Waals surface area contributed by atoms with E-state index < -0.39 is 17.6 Å². The molecular formula is C18H19F3N4O3. The van der Waals surface area contributed by atoms with Gasteiger partial charge in [0.05, 0.1) is 12.1 Å². The van der Waals surface area contributed by atoms with E-state index in [1.54, 1.807) is 6.92 Å². The maximum atomic E-state index is 12.7. The molecule has 28 heavy (non-hydrogen) atoms. The Morgan fingerprint density at radius 2 is 1.96 bits per heavy atom. The molecule has 2 rings (SSSR count). The van der Waals surface area contributed by atoms with Gasteiger partial charge in [0.1, 0.15) is 12.4 Å². The average molecular weight is 396 g/mol. The van der Waals surface area contributed by atoms with Gasteiger partial charge in [0.2, 0.25) is 11.8 Å². The third-order valence-electron chi connectivity index (χ3n) is 3.59. The van der Waals surface area contributed by atoms with E-state index >= 15 is 0 Å². The normalized spacial score (nSPS) is 11.0. The van der Waals surface area contributed by atoms with Gasteiger partial charge in [0, 0.05) is 30.4 Å². The van der Waals surface area contributed by atoms with Gasteiger partial charge in [0.15, 0.2) is 0 Å². The minimum Gasteiger partial charge on any atom is -0.476 e. The Kier molecular flexibility index (Phi) is 6.91. The molecule has 2 aromatic heterocycles. The highest BCUT2D eigenvalue weighted by Gasteiger charge is 2.31. The number of nitrogens with zero attached hydrogens (tertiary/aromatic N) is 2. The maximum Gasteiger partial charge on any atom is 0.417 e. The van der Waals surface area contributed by atoms with Crippen LogP contribution in [0.4, 0.5) is 19.0 Å². The molecule has 2 N–H and O–H groups in total. The summed E-state index contributed by atoms with van der Waals surface area (Å²) in [5, 5.41) is 5.08. The largest absolute Gasteiger partial charge is 0.476 e. The number of carbonyl (C=O) groups excluding carboxylic acids is 2. The first-order chi connectivity index (χ1) is 13.2. The van der Waals surface area contributed by atoms with Crippen LogP contribution in [0.15, 0.2) is 30.6 Å². The molecule has 0 aliphatic heterocycles.